The third-order valence-electron chi connectivity index (χ3n) is 6.19. The summed E-state index contributed by atoms with van der Waals surface area (Å²) in [5.41, 5.74) is 8.02. The molecule has 0 atom stereocenters. The van der Waals surface area contributed by atoms with Crippen LogP contribution in [0.25, 0.3) is 50.2 Å². The number of fused-ring (bicyclic) bond motifs is 2. The van der Waals surface area contributed by atoms with Gasteiger partial charge in [-0.3, -0.25) is 4.57 Å². The Labute approximate surface area is 194 Å². The van der Waals surface area contributed by atoms with E-state index in [9.17, 15) is 0 Å². The van der Waals surface area contributed by atoms with Crippen molar-refractivity contribution in [1.29, 1.82) is 0 Å². The predicted octanol–water partition coefficient (Wildman–Crippen LogP) is 8.23. The lowest BCUT2D eigenvalue weighted by atomic mass is 10.0. The van der Waals surface area contributed by atoms with Crippen molar-refractivity contribution in [3.8, 4) is 28.2 Å². The smallest absolute Gasteiger partial charge is 0.149 e. The van der Waals surface area contributed by atoms with Gasteiger partial charge in [0.1, 0.15) is 17.7 Å². The van der Waals surface area contributed by atoms with Gasteiger partial charge < -0.3 is 4.42 Å². The molecule has 0 aliphatic carbocycles. The monoisotopic (exact) mass is 429 g/mol. The number of furan rings is 1. The average Bonchev–Trinajstić information content (AvgIpc) is 3.45. The Morgan fingerprint density at radius 1 is 0.818 bits per heavy atom. The third kappa shape index (κ3) is 3.33. The van der Waals surface area contributed by atoms with Gasteiger partial charge >= 0.3 is 0 Å². The van der Waals surface area contributed by atoms with Crippen molar-refractivity contribution in [1.82, 2.24) is 9.55 Å². The largest absolute Gasteiger partial charge is 0.464 e. The molecule has 6 rings (SSSR count). The van der Waals surface area contributed by atoms with Gasteiger partial charge in [0, 0.05) is 12.4 Å². The Kier molecular flexibility index (Phi) is 4.36. The summed E-state index contributed by atoms with van der Waals surface area (Å²) < 4.78 is 16.5. The molecule has 4 aromatic carbocycles. The minimum absolute atomic E-state index is 0.686. The van der Waals surface area contributed by atoms with Gasteiger partial charge in [-0.25, -0.2) is 4.98 Å². The molecular formula is C30H24N2O. The van der Waals surface area contributed by atoms with Crippen molar-refractivity contribution in [3.63, 3.8) is 0 Å². The van der Waals surface area contributed by atoms with Crippen molar-refractivity contribution in [2.45, 2.75) is 19.7 Å². The fourth-order valence-corrected chi connectivity index (χ4v) is 4.41. The third-order valence-corrected chi connectivity index (χ3v) is 6.19. The first kappa shape index (κ1) is 18.5. The van der Waals surface area contributed by atoms with Crippen LogP contribution in [0.1, 0.15) is 26.7 Å². The number of benzene rings is 4. The van der Waals surface area contributed by atoms with E-state index < -0.39 is 5.89 Å². The van der Waals surface area contributed by atoms with Crippen LogP contribution >= 0.6 is 0 Å². The second-order valence-electron chi connectivity index (χ2n) is 8.53. The number of aromatic nitrogens is 2. The standard InChI is InChI=1S/C30H24N2O/c1-20(2)23-14-17-25-26(19-33-29(25)18-23)30-31-27-10-6-7-11-28(27)32(30)24-15-12-22(13-16-24)21-8-4-3-5-9-21/h3-20H,1-2H3/i20D. The Morgan fingerprint density at radius 2 is 1.55 bits per heavy atom. The van der Waals surface area contributed by atoms with Crippen LogP contribution in [-0.4, -0.2) is 9.55 Å². The summed E-state index contributed by atoms with van der Waals surface area (Å²) in [7, 11) is 0. The topological polar surface area (TPSA) is 31.0 Å². The van der Waals surface area contributed by atoms with Gasteiger partial charge in [0.25, 0.3) is 0 Å². The highest BCUT2D eigenvalue weighted by Crippen LogP contribution is 2.36. The highest BCUT2D eigenvalue weighted by molar-refractivity contribution is 5.95. The maximum absolute atomic E-state index is 8.36. The summed E-state index contributed by atoms with van der Waals surface area (Å²) in [5, 5.41) is 0.991. The molecule has 0 fully saturated rings. The van der Waals surface area contributed by atoms with Gasteiger partial charge in [0.15, 0.2) is 0 Å². The number of para-hydroxylation sites is 2. The molecule has 0 unspecified atom stereocenters. The Morgan fingerprint density at radius 3 is 2.33 bits per heavy atom. The van der Waals surface area contributed by atoms with E-state index in [1.165, 1.54) is 11.1 Å². The van der Waals surface area contributed by atoms with Gasteiger partial charge in [-0.05, 0) is 52.9 Å². The molecule has 0 aliphatic rings. The summed E-state index contributed by atoms with van der Waals surface area (Å²) in [4.78, 5) is 5.00. The Hall–Kier alpha value is -4.11. The Balaban J connectivity index is 1.53. The molecule has 2 heterocycles. The quantitative estimate of drug-likeness (QED) is 0.282. The van der Waals surface area contributed by atoms with Gasteiger partial charge in [0.05, 0.1) is 16.6 Å². The Bertz CT molecular complexity index is 1620. The minimum Gasteiger partial charge on any atom is -0.464 e. The van der Waals surface area contributed by atoms with Crippen LogP contribution < -0.4 is 0 Å². The van der Waals surface area contributed by atoms with E-state index in [0.717, 1.165) is 44.6 Å². The fraction of sp³-hybridized carbons (Fsp3) is 0.100. The first-order valence-electron chi connectivity index (χ1n) is 11.6. The van der Waals surface area contributed by atoms with E-state index in [4.69, 9.17) is 10.8 Å². The fourth-order valence-electron chi connectivity index (χ4n) is 4.41. The lowest BCUT2D eigenvalue weighted by molar-refractivity contribution is 0.615. The first-order valence-corrected chi connectivity index (χ1v) is 11.1. The molecule has 0 aliphatic heterocycles. The van der Waals surface area contributed by atoms with Crippen molar-refractivity contribution >= 4 is 22.0 Å². The SMILES string of the molecule is [2H]C(C)(C)c1ccc2c(-c3nc4ccccc4n3-c3ccc(-c4ccccc4)cc3)coc2c1. The summed E-state index contributed by atoms with van der Waals surface area (Å²) in [5.74, 6) is 0.153. The molecule has 0 bridgehead atoms. The van der Waals surface area contributed by atoms with Gasteiger partial charge in [0.2, 0.25) is 0 Å². The van der Waals surface area contributed by atoms with Crippen LogP contribution in [-0.2, 0) is 0 Å². The van der Waals surface area contributed by atoms with Gasteiger partial charge in [-0.2, -0.15) is 0 Å². The summed E-state index contributed by atoms with van der Waals surface area (Å²) in [6.07, 6.45) is 1.78. The minimum atomic E-state index is -0.686. The van der Waals surface area contributed by atoms with Crippen molar-refractivity contribution in [2.24, 2.45) is 0 Å². The number of imidazole rings is 1. The molecule has 2 aromatic heterocycles. The highest BCUT2D eigenvalue weighted by atomic mass is 16.3. The molecule has 3 nitrogen and oxygen atoms in total. The van der Waals surface area contributed by atoms with E-state index >= 15 is 0 Å². The molecule has 33 heavy (non-hydrogen) atoms. The summed E-state index contributed by atoms with van der Waals surface area (Å²) >= 11 is 0. The molecule has 0 amide bonds. The van der Waals surface area contributed by atoms with Crippen molar-refractivity contribution in [2.75, 3.05) is 0 Å². The van der Waals surface area contributed by atoms with Crippen LogP contribution in [0.5, 0.6) is 0 Å². The van der Waals surface area contributed by atoms with Gasteiger partial charge in [-0.15, -0.1) is 0 Å². The second-order valence-corrected chi connectivity index (χ2v) is 8.53. The lowest BCUT2D eigenvalue weighted by Gasteiger charge is -2.10. The molecule has 0 radical (unpaired) electrons. The number of hydrogen-bond donors (Lipinski definition) is 0. The normalized spacial score (nSPS) is 12.4. The molecule has 0 saturated carbocycles. The number of rotatable bonds is 4. The van der Waals surface area contributed by atoms with E-state index in [1.54, 1.807) is 6.26 Å². The van der Waals surface area contributed by atoms with E-state index in [-0.39, 0.29) is 0 Å². The first-order chi connectivity index (χ1) is 16.5. The van der Waals surface area contributed by atoms with Gasteiger partial charge in [-0.1, -0.05) is 80.6 Å². The van der Waals surface area contributed by atoms with E-state index in [0.29, 0.717) is 0 Å². The van der Waals surface area contributed by atoms with Crippen LogP contribution in [0.4, 0.5) is 0 Å². The zero-order valence-corrected chi connectivity index (χ0v) is 18.6. The van der Waals surface area contributed by atoms with Crippen molar-refractivity contribution < 1.29 is 5.79 Å². The molecule has 0 saturated heterocycles. The van der Waals surface area contributed by atoms with Crippen LogP contribution in [0.15, 0.2) is 108 Å². The maximum Gasteiger partial charge on any atom is 0.149 e. The van der Waals surface area contributed by atoms with Crippen LogP contribution in [0, 0.1) is 0 Å². The number of hydrogen-bond acceptors (Lipinski definition) is 2. The van der Waals surface area contributed by atoms with Crippen LogP contribution in [0.2, 0.25) is 0 Å². The maximum atomic E-state index is 8.36. The predicted molar refractivity (Wildman–Crippen MR) is 136 cm³/mol. The van der Waals surface area contributed by atoms with E-state index in [2.05, 4.69) is 59.2 Å². The average molecular weight is 430 g/mol. The van der Waals surface area contributed by atoms with Crippen molar-refractivity contribution in [3.05, 3.63) is 109 Å². The lowest BCUT2D eigenvalue weighted by Crippen LogP contribution is -1.97. The molecule has 6 aromatic rings. The number of nitrogens with zero attached hydrogens (tertiary/aromatic N) is 2. The zero-order valence-electron chi connectivity index (χ0n) is 19.6. The molecule has 0 spiro atoms. The van der Waals surface area contributed by atoms with Crippen LogP contribution in [0.3, 0.4) is 0 Å². The molecule has 0 N–H and O–H groups in total. The summed E-state index contributed by atoms with van der Waals surface area (Å²) in [6.45, 7) is 3.77. The second kappa shape index (κ2) is 7.79. The van der Waals surface area contributed by atoms with E-state index in [1.807, 2.05) is 56.3 Å². The highest BCUT2D eigenvalue weighted by Gasteiger charge is 2.19. The molecular weight excluding hydrogens is 404 g/mol. The molecule has 3 heteroatoms. The summed E-state index contributed by atoms with van der Waals surface area (Å²) in [6, 6.07) is 33.2. The zero-order chi connectivity index (χ0) is 23.3. The molecule has 160 valence electrons.